The van der Waals surface area contributed by atoms with Crippen molar-refractivity contribution in [2.45, 2.75) is 57.6 Å². The summed E-state index contributed by atoms with van der Waals surface area (Å²) in [5.74, 6) is -0.961. The van der Waals surface area contributed by atoms with Crippen molar-refractivity contribution in [1.29, 1.82) is 0 Å². The Morgan fingerprint density at radius 3 is 2.55 bits per heavy atom. The van der Waals surface area contributed by atoms with Crippen LogP contribution in [0.2, 0.25) is 5.02 Å². The maximum absolute atomic E-state index is 12.3. The Hall–Kier alpha value is -2.54. The van der Waals surface area contributed by atoms with E-state index in [1.165, 1.54) is 25.3 Å². The molecule has 1 aliphatic rings. The number of nitrogens with two attached hydrogens (primary N) is 1. The number of benzene rings is 1. The molecule has 0 aromatic heterocycles. The first-order chi connectivity index (χ1) is 13.8. The van der Waals surface area contributed by atoms with Crippen LogP contribution in [0.1, 0.15) is 57.1 Å². The molecule has 0 bridgehead atoms. The summed E-state index contributed by atoms with van der Waals surface area (Å²) in [6, 6.07) is 5.23. The molecule has 2 rings (SSSR count). The number of rotatable bonds is 9. The van der Waals surface area contributed by atoms with Gasteiger partial charge in [-0.1, -0.05) is 35.4 Å². The fraction of sp³-hybridized carbons (Fsp3) is 0.476. The Kier molecular flexibility index (Phi) is 8.99. The Balaban J connectivity index is 1.82. The van der Waals surface area contributed by atoms with Gasteiger partial charge in [0.2, 0.25) is 0 Å². The second-order valence-corrected chi connectivity index (χ2v) is 7.53. The maximum Gasteiger partial charge on any atom is 0.312 e. The molecule has 158 valence electrons. The van der Waals surface area contributed by atoms with Crippen molar-refractivity contribution in [2.75, 3.05) is 6.54 Å². The van der Waals surface area contributed by atoms with Gasteiger partial charge in [0.25, 0.3) is 5.91 Å². The van der Waals surface area contributed by atoms with Crippen LogP contribution in [0.15, 0.2) is 35.9 Å². The monoisotopic (exact) mass is 421 g/mol. The predicted octanol–water partition coefficient (Wildman–Crippen LogP) is 3.38. The van der Waals surface area contributed by atoms with Gasteiger partial charge in [0.05, 0.1) is 12.5 Å². The second kappa shape index (κ2) is 11.5. The second-order valence-electron chi connectivity index (χ2n) is 7.10. The number of hydrogen-bond donors (Lipinski definition) is 3. The quantitative estimate of drug-likeness (QED) is 0.419. The largest absolute Gasteiger partial charge is 0.452 e. The molecule has 0 unspecified atom stereocenters. The molecule has 7 nitrogen and oxygen atoms in total. The van der Waals surface area contributed by atoms with E-state index in [0.29, 0.717) is 17.1 Å². The summed E-state index contributed by atoms with van der Waals surface area (Å²) < 4.78 is 5.23. The summed E-state index contributed by atoms with van der Waals surface area (Å²) in [7, 11) is 0. The van der Waals surface area contributed by atoms with Gasteiger partial charge >= 0.3 is 12.0 Å². The molecule has 0 saturated carbocycles. The molecule has 8 heteroatoms. The Bertz CT molecular complexity index is 749. The molecule has 2 atom stereocenters. The lowest BCUT2D eigenvalue weighted by molar-refractivity contribution is -0.155. The van der Waals surface area contributed by atoms with Crippen LogP contribution in [-0.4, -0.2) is 30.6 Å². The summed E-state index contributed by atoms with van der Waals surface area (Å²) in [5, 5.41) is 5.84. The van der Waals surface area contributed by atoms with E-state index in [4.69, 9.17) is 22.1 Å². The lowest BCUT2D eigenvalue weighted by Crippen LogP contribution is -2.38. The van der Waals surface area contributed by atoms with Crippen molar-refractivity contribution in [3.8, 4) is 0 Å². The Morgan fingerprint density at radius 1 is 1.21 bits per heavy atom. The summed E-state index contributed by atoms with van der Waals surface area (Å²) >= 11 is 5.87. The van der Waals surface area contributed by atoms with Crippen LogP contribution >= 0.6 is 11.6 Å². The number of carbonyl (C=O) groups excluding carboxylic acids is 3. The van der Waals surface area contributed by atoms with Crippen LogP contribution in [0.5, 0.6) is 0 Å². The highest BCUT2D eigenvalue weighted by atomic mass is 35.5. The number of hydrogen-bond acceptors (Lipinski definition) is 4. The van der Waals surface area contributed by atoms with Gasteiger partial charge in [0, 0.05) is 11.6 Å². The molecule has 0 spiro atoms. The number of ether oxygens (including phenoxy) is 1. The van der Waals surface area contributed by atoms with Crippen LogP contribution in [0.3, 0.4) is 0 Å². The van der Waals surface area contributed by atoms with E-state index in [1.54, 1.807) is 24.3 Å². The SMILES string of the molecule is C[C@@H](OC(=O)C[C@H](NC(N)=O)c1ccc(Cl)cc1)C(=O)NCCC1=CCCCC1. The minimum Gasteiger partial charge on any atom is -0.452 e. The standard InChI is InChI=1S/C21H28ClN3O4/c1-14(20(27)24-12-11-15-5-3-2-4-6-15)29-19(26)13-18(25-21(23)28)16-7-9-17(22)10-8-16/h5,7-10,14,18H,2-4,6,11-13H2,1H3,(H,24,27)(H3,23,25,28)/t14-,18+/m1/s1. The average Bonchev–Trinajstić information content (AvgIpc) is 2.68. The zero-order valence-corrected chi connectivity index (χ0v) is 17.3. The molecule has 0 saturated heterocycles. The van der Waals surface area contributed by atoms with Crippen molar-refractivity contribution in [3.63, 3.8) is 0 Å². The zero-order chi connectivity index (χ0) is 21.2. The fourth-order valence-electron chi connectivity index (χ4n) is 3.21. The van der Waals surface area contributed by atoms with Crippen molar-refractivity contribution >= 4 is 29.5 Å². The van der Waals surface area contributed by atoms with Gasteiger partial charge in [-0.05, 0) is 56.7 Å². The first kappa shape index (κ1) is 22.7. The van der Waals surface area contributed by atoms with Gasteiger partial charge in [-0.15, -0.1) is 0 Å². The van der Waals surface area contributed by atoms with Gasteiger partial charge in [0.1, 0.15) is 0 Å². The van der Waals surface area contributed by atoms with Crippen molar-refractivity contribution in [1.82, 2.24) is 10.6 Å². The lowest BCUT2D eigenvalue weighted by atomic mass is 9.97. The maximum atomic E-state index is 12.3. The van der Waals surface area contributed by atoms with Gasteiger partial charge in [-0.3, -0.25) is 9.59 Å². The number of nitrogens with one attached hydrogen (secondary N) is 2. The number of amides is 3. The third-order valence-electron chi connectivity index (χ3n) is 4.77. The van der Waals surface area contributed by atoms with Crippen LogP contribution in [0, 0.1) is 0 Å². The number of esters is 1. The van der Waals surface area contributed by atoms with E-state index in [9.17, 15) is 14.4 Å². The smallest absolute Gasteiger partial charge is 0.312 e. The summed E-state index contributed by atoms with van der Waals surface area (Å²) in [5.41, 5.74) is 7.23. The first-order valence-electron chi connectivity index (χ1n) is 9.81. The van der Waals surface area contributed by atoms with Crippen molar-refractivity contribution < 1.29 is 19.1 Å². The van der Waals surface area contributed by atoms with Crippen LogP contribution in [0.25, 0.3) is 0 Å². The fourth-order valence-corrected chi connectivity index (χ4v) is 3.33. The highest BCUT2D eigenvalue weighted by Crippen LogP contribution is 2.21. The van der Waals surface area contributed by atoms with E-state index in [1.807, 2.05) is 0 Å². The number of carbonyl (C=O) groups is 3. The first-order valence-corrected chi connectivity index (χ1v) is 10.2. The van der Waals surface area contributed by atoms with Crippen molar-refractivity contribution in [3.05, 3.63) is 46.5 Å². The van der Waals surface area contributed by atoms with E-state index in [-0.39, 0.29) is 12.3 Å². The van der Waals surface area contributed by atoms with E-state index >= 15 is 0 Å². The minimum atomic E-state index is -0.928. The summed E-state index contributed by atoms with van der Waals surface area (Å²) in [4.78, 5) is 35.7. The van der Waals surface area contributed by atoms with E-state index < -0.39 is 24.1 Å². The average molecular weight is 422 g/mol. The van der Waals surface area contributed by atoms with Gasteiger partial charge in [0.15, 0.2) is 6.10 Å². The third kappa shape index (κ3) is 8.15. The van der Waals surface area contributed by atoms with Crippen molar-refractivity contribution in [2.24, 2.45) is 5.73 Å². The molecule has 1 aliphatic carbocycles. The number of halogens is 1. The summed E-state index contributed by atoms with van der Waals surface area (Å²) in [6.45, 7) is 2.04. The minimum absolute atomic E-state index is 0.158. The zero-order valence-electron chi connectivity index (χ0n) is 16.6. The molecule has 3 amide bonds. The Morgan fingerprint density at radius 2 is 1.93 bits per heavy atom. The van der Waals surface area contributed by atoms with Crippen LogP contribution < -0.4 is 16.4 Å². The van der Waals surface area contributed by atoms with E-state index in [2.05, 4.69) is 16.7 Å². The number of allylic oxidation sites excluding steroid dienone is 1. The normalized spacial score (nSPS) is 15.6. The van der Waals surface area contributed by atoms with Gasteiger partial charge in [-0.25, -0.2) is 4.79 Å². The highest BCUT2D eigenvalue weighted by Gasteiger charge is 2.22. The molecular weight excluding hydrogens is 394 g/mol. The Labute approximate surface area is 176 Å². The lowest BCUT2D eigenvalue weighted by Gasteiger charge is -2.19. The molecule has 0 fully saturated rings. The highest BCUT2D eigenvalue weighted by molar-refractivity contribution is 6.30. The molecule has 1 aromatic carbocycles. The molecular formula is C21H28ClN3O4. The van der Waals surface area contributed by atoms with Gasteiger partial charge in [-0.2, -0.15) is 0 Å². The number of primary amides is 1. The number of urea groups is 1. The molecule has 0 heterocycles. The molecule has 0 radical (unpaired) electrons. The van der Waals surface area contributed by atoms with Crippen LogP contribution in [0.4, 0.5) is 4.79 Å². The topological polar surface area (TPSA) is 111 Å². The molecule has 4 N–H and O–H groups in total. The van der Waals surface area contributed by atoms with Gasteiger partial charge < -0.3 is 21.1 Å². The van der Waals surface area contributed by atoms with Crippen LogP contribution in [-0.2, 0) is 14.3 Å². The molecule has 1 aromatic rings. The summed E-state index contributed by atoms with van der Waals surface area (Å²) in [6.07, 6.45) is 6.57. The van der Waals surface area contributed by atoms with E-state index in [0.717, 1.165) is 19.3 Å². The molecule has 29 heavy (non-hydrogen) atoms. The third-order valence-corrected chi connectivity index (χ3v) is 5.02. The molecule has 0 aliphatic heterocycles. The predicted molar refractivity (Wildman–Crippen MR) is 111 cm³/mol.